The Balaban J connectivity index is 1.32. The van der Waals surface area contributed by atoms with Gasteiger partial charge in [-0.25, -0.2) is 8.42 Å². The van der Waals surface area contributed by atoms with E-state index >= 15 is 0 Å². The van der Waals surface area contributed by atoms with Crippen LogP contribution in [0, 0.1) is 0 Å². The molecule has 3 aromatic rings. The largest absolute Gasteiger partial charge is 0.489 e. The van der Waals surface area contributed by atoms with Crippen molar-refractivity contribution in [2.45, 2.75) is 48.7 Å². The molecule has 2 aromatic carbocycles. The predicted octanol–water partition coefficient (Wildman–Crippen LogP) is 6.35. The number of ether oxygens (including phenoxy) is 1. The molecule has 5 nitrogen and oxygen atoms in total. The van der Waals surface area contributed by atoms with Gasteiger partial charge in [0.15, 0.2) is 5.78 Å². The van der Waals surface area contributed by atoms with Gasteiger partial charge in [0.1, 0.15) is 16.6 Å². The SMILES string of the molecule is O=C(CCc1ccc(OCc2cccc(C(F)(F)F)c2)cc1)[C@@H]1CCCN1S(=O)(=O)c1ccc(Cl)s1. The van der Waals surface area contributed by atoms with Gasteiger partial charge in [-0.2, -0.15) is 17.5 Å². The molecular formula is C25H23ClF3NO4S2. The molecule has 192 valence electrons. The van der Waals surface area contributed by atoms with Crippen LogP contribution in [-0.4, -0.2) is 31.1 Å². The summed E-state index contributed by atoms with van der Waals surface area (Å²) in [6, 6.07) is 14.2. The van der Waals surface area contributed by atoms with Crippen molar-refractivity contribution in [2.24, 2.45) is 0 Å². The minimum Gasteiger partial charge on any atom is -0.489 e. The fourth-order valence-corrected chi connectivity index (χ4v) is 7.38. The molecule has 11 heteroatoms. The van der Waals surface area contributed by atoms with Crippen LogP contribution in [0.1, 0.15) is 36.0 Å². The Labute approximate surface area is 216 Å². The van der Waals surface area contributed by atoms with Crippen molar-refractivity contribution in [2.75, 3.05) is 6.54 Å². The molecule has 1 atom stereocenters. The van der Waals surface area contributed by atoms with E-state index in [2.05, 4.69) is 0 Å². The van der Waals surface area contributed by atoms with Crippen molar-refractivity contribution in [1.29, 1.82) is 0 Å². The highest BCUT2D eigenvalue weighted by molar-refractivity contribution is 7.91. The minimum atomic E-state index is -4.41. The molecular weight excluding hydrogens is 535 g/mol. The first-order valence-electron chi connectivity index (χ1n) is 11.2. The smallest absolute Gasteiger partial charge is 0.416 e. The molecule has 1 fully saturated rings. The lowest BCUT2D eigenvalue weighted by Gasteiger charge is -2.22. The summed E-state index contributed by atoms with van der Waals surface area (Å²) in [5.74, 6) is 0.355. The van der Waals surface area contributed by atoms with Gasteiger partial charge in [0.2, 0.25) is 0 Å². The van der Waals surface area contributed by atoms with Gasteiger partial charge in [-0.05, 0) is 66.8 Å². The first kappa shape index (κ1) is 26.7. The van der Waals surface area contributed by atoms with Crippen LogP contribution in [-0.2, 0) is 34.0 Å². The minimum absolute atomic E-state index is 0.0107. The number of alkyl halides is 3. The lowest BCUT2D eigenvalue weighted by atomic mass is 10.0. The topological polar surface area (TPSA) is 63.7 Å². The summed E-state index contributed by atoms with van der Waals surface area (Å²) in [6.45, 7) is 0.287. The summed E-state index contributed by atoms with van der Waals surface area (Å²) in [4.78, 5) is 12.9. The summed E-state index contributed by atoms with van der Waals surface area (Å²) in [7, 11) is -3.77. The predicted molar refractivity (Wildman–Crippen MR) is 132 cm³/mol. The number of aryl methyl sites for hydroxylation is 1. The van der Waals surface area contributed by atoms with Crippen LogP contribution in [0.15, 0.2) is 64.9 Å². The van der Waals surface area contributed by atoms with E-state index in [1.165, 1.54) is 22.5 Å². The fourth-order valence-electron chi connectivity index (χ4n) is 4.09. The van der Waals surface area contributed by atoms with Crippen molar-refractivity contribution >= 4 is 38.7 Å². The zero-order valence-corrected chi connectivity index (χ0v) is 21.4. The van der Waals surface area contributed by atoms with E-state index in [4.69, 9.17) is 16.3 Å². The van der Waals surface area contributed by atoms with E-state index in [9.17, 15) is 26.4 Å². The molecule has 1 aliphatic rings. The van der Waals surface area contributed by atoms with Gasteiger partial charge in [0.05, 0.1) is 15.9 Å². The standard InChI is InChI=1S/C25H23ClF3NO4S2/c26-23-12-13-24(35-23)36(32,33)30-14-2-5-21(30)22(31)11-8-17-6-9-20(10-7-17)34-16-18-3-1-4-19(15-18)25(27,28)29/h1,3-4,6-7,9-10,12-13,15,21H,2,5,8,11,14,16H2/t21-/m0/s1. The summed E-state index contributed by atoms with van der Waals surface area (Å²) < 4.78 is 71.9. The van der Waals surface area contributed by atoms with E-state index in [1.807, 2.05) is 0 Å². The monoisotopic (exact) mass is 557 g/mol. The Morgan fingerprint density at radius 1 is 1.08 bits per heavy atom. The van der Waals surface area contributed by atoms with Crippen LogP contribution in [0.4, 0.5) is 13.2 Å². The van der Waals surface area contributed by atoms with E-state index in [0.29, 0.717) is 41.5 Å². The number of Topliss-reactive ketones (excluding diaryl/α,β-unsaturated/α-hetero) is 1. The maximum Gasteiger partial charge on any atom is 0.416 e. The van der Waals surface area contributed by atoms with Gasteiger partial charge in [-0.1, -0.05) is 35.9 Å². The van der Waals surface area contributed by atoms with Crippen molar-refractivity contribution in [3.05, 3.63) is 81.7 Å². The number of hydrogen-bond donors (Lipinski definition) is 0. The Morgan fingerprint density at radius 3 is 2.50 bits per heavy atom. The quantitative estimate of drug-likeness (QED) is 0.307. The van der Waals surface area contributed by atoms with Crippen LogP contribution in [0.3, 0.4) is 0 Å². The highest BCUT2D eigenvalue weighted by Crippen LogP contribution is 2.33. The molecule has 1 saturated heterocycles. The highest BCUT2D eigenvalue weighted by Gasteiger charge is 2.39. The van der Waals surface area contributed by atoms with E-state index in [-0.39, 0.29) is 23.0 Å². The molecule has 0 unspecified atom stereocenters. The van der Waals surface area contributed by atoms with Crippen LogP contribution in [0.2, 0.25) is 4.34 Å². The van der Waals surface area contributed by atoms with Crippen LogP contribution >= 0.6 is 22.9 Å². The second kappa shape index (κ2) is 10.9. The average Bonchev–Trinajstić information content (AvgIpc) is 3.52. The van der Waals surface area contributed by atoms with Gasteiger partial charge in [-0.3, -0.25) is 4.79 Å². The van der Waals surface area contributed by atoms with Crippen molar-refractivity contribution in [3.8, 4) is 5.75 Å². The average molecular weight is 558 g/mol. The fraction of sp³-hybridized carbons (Fsp3) is 0.320. The van der Waals surface area contributed by atoms with Crippen molar-refractivity contribution in [1.82, 2.24) is 4.31 Å². The van der Waals surface area contributed by atoms with Crippen molar-refractivity contribution in [3.63, 3.8) is 0 Å². The Morgan fingerprint density at radius 2 is 1.83 bits per heavy atom. The molecule has 0 amide bonds. The number of ketones is 1. The zero-order chi connectivity index (χ0) is 25.9. The molecule has 1 aromatic heterocycles. The van der Waals surface area contributed by atoms with Crippen LogP contribution in [0.5, 0.6) is 5.75 Å². The number of hydrogen-bond acceptors (Lipinski definition) is 5. The number of halogens is 4. The lowest BCUT2D eigenvalue weighted by Crippen LogP contribution is -2.40. The third-order valence-electron chi connectivity index (χ3n) is 5.93. The third kappa shape index (κ3) is 6.29. The molecule has 0 spiro atoms. The van der Waals surface area contributed by atoms with E-state index in [1.54, 1.807) is 30.3 Å². The molecule has 36 heavy (non-hydrogen) atoms. The molecule has 0 radical (unpaired) electrons. The Bertz CT molecular complexity index is 1320. The summed E-state index contributed by atoms with van der Waals surface area (Å²) in [5, 5.41) is 0. The molecule has 1 aliphatic heterocycles. The van der Waals surface area contributed by atoms with Crippen LogP contribution in [0.25, 0.3) is 0 Å². The number of sulfonamides is 1. The molecule has 0 aliphatic carbocycles. The number of carbonyl (C=O) groups excluding carboxylic acids is 1. The van der Waals surface area contributed by atoms with Crippen LogP contribution < -0.4 is 4.74 Å². The van der Waals surface area contributed by atoms with E-state index < -0.39 is 27.8 Å². The molecule has 0 bridgehead atoms. The van der Waals surface area contributed by atoms with Crippen molar-refractivity contribution < 1.29 is 31.1 Å². The number of thiophene rings is 1. The molecule has 4 rings (SSSR count). The highest BCUT2D eigenvalue weighted by atomic mass is 35.5. The van der Waals surface area contributed by atoms with Gasteiger partial charge < -0.3 is 4.74 Å². The van der Waals surface area contributed by atoms with Gasteiger partial charge in [0, 0.05) is 13.0 Å². The Hall–Kier alpha value is -2.40. The second-order valence-corrected chi connectivity index (χ2v) is 12.3. The van der Waals surface area contributed by atoms with Gasteiger partial charge in [-0.15, -0.1) is 11.3 Å². The number of nitrogens with zero attached hydrogens (tertiary/aromatic N) is 1. The number of benzene rings is 2. The lowest BCUT2D eigenvalue weighted by molar-refractivity contribution is -0.137. The normalized spacial score (nSPS) is 16.8. The molecule has 0 N–H and O–H groups in total. The number of carbonyl (C=O) groups is 1. The van der Waals surface area contributed by atoms with Gasteiger partial charge in [0.25, 0.3) is 10.0 Å². The maximum absolute atomic E-state index is 13.0. The summed E-state index contributed by atoms with van der Waals surface area (Å²) in [6.07, 6.45) is -2.69. The maximum atomic E-state index is 13.0. The first-order chi connectivity index (χ1) is 17.0. The number of rotatable bonds is 9. The van der Waals surface area contributed by atoms with Gasteiger partial charge >= 0.3 is 6.18 Å². The van der Waals surface area contributed by atoms with E-state index in [0.717, 1.165) is 29.0 Å². The summed E-state index contributed by atoms with van der Waals surface area (Å²) in [5.41, 5.74) is 0.545. The summed E-state index contributed by atoms with van der Waals surface area (Å²) >= 11 is 6.87. The Kier molecular flexibility index (Phi) is 8.09. The molecule has 2 heterocycles. The first-order valence-corrected chi connectivity index (χ1v) is 13.9. The second-order valence-electron chi connectivity index (χ2n) is 8.43. The molecule has 0 saturated carbocycles. The third-order valence-corrected chi connectivity index (χ3v) is 9.54. The zero-order valence-electron chi connectivity index (χ0n) is 19.0.